The summed E-state index contributed by atoms with van der Waals surface area (Å²) in [6, 6.07) is 0. The minimum absolute atomic E-state index is 0.149. The Morgan fingerprint density at radius 2 is 2.00 bits per heavy atom. The summed E-state index contributed by atoms with van der Waals surface area (Å²) in [7, 11) is 0. The van der Waals surface area contributed by atoms with Gasteiger partial charge in [-0.3, -0.25) is 14.2 Å². The Labute approximate surface area is 149 Å². The number of rotatable bonds is 0. The van der Waals surface area contributed by atoms with Gasteiger partial charge in [-0.05, 0) is 43.7 Å². The Kier molecular flexibility index (Phi) is 2.99. The van der Waals surface area contributed by atoms with Crippen LogP contribution in [0, 0.1) is 6.92 Å². The van der Waals surface area contributed by atoms with Crippen molar-refractivity contribution in [3.05, 3.63) is 38.9 Å². The third-order valence-corrected chi connectivity index (χ3v) is 5.91. The van der Waals surface area contributed by atoms with Gasteiger partial charge in [-0.25, -0.2) is 4.98 Å². The number of pyridine rings is 1. The van der Waals surface area contributed by atoms with Crippen molar-refractivity contribution in [2.75, 3.05) is 11.1 Å². The molecule has 1 amide bonds. The van der Waals surface area contributed by atoms with Crippen molar-refractivity contribution in [1.82, 2.24) is 19.9 Å². The average Bonchev–Trinajstić information content (AvgIpc) is 2.91. The van der Waals surface area contributed by atoms with Gasteiger partial charge < -0.3 is 16.4 Å². The molecule has 1 aliphatic carbocycles. The van der Waals surface area contributed by atoms with Crippen molar-refractivity contribution < 1.29 is 4.79 Å². The molecule has 0 aromatic carbocycles. The fourth-order valence-electron chi connectivity index (χ4n) is 4.65. The van der Waals surface area contributed by atoms with E-state index in [1.807, 2.05) is 6.92 Å². The number of amides is 1. The molecule has 4 heterocycles. The second-order valence-corrected chi connectivity index (χ2v) is 7.42. The molecule has 8 nitrogen and oxygen atoms in total. The van der Waals surface area contributed by atoms with Crippen molar-refractivity contribution in [2.24, 2.45) is 0 Å². The molecule has 2 aromatic rings. The van der Waals surface area contributed by atoms with Gasteiger partial charge in [0.1, 0.15) is 22.9 Å². The fraction of sp³-hybridized carbons (Fsp3) is 0.444. The number of fused-ring (bicyclic) bond motifs is 4. The van der Waals surface area contributed by atoms with Crippen LogP contribution in [0.1, 0.15) is 59.3 Å². The Hall–Kier alpha value is -2.90. The molecule has 1 fully saturated rings. The molecule has 8 heteroatoms. The van der Waals surface area contributed by atoms with Crippen molar-refractivity contribution in [1.29, 1.82) is 0 Å². The number of aromatic nitrogens is 3. The van der Waals surface area contributed by atoms with E-state index in [2.05, 4.69) is 20.6 Å². The number of hydrogen-bond donors (Lipinski definition) is 3. The van der Waals surface area contributed by atoms with E-state index in [4.69, 9.17) is 5.73 Å². The maximum atomic E-state index is 13.4. The topological polar surface area (TPSA) is 115 Å². The molecule has 26 heavy (non-hydrogen) atoms. The highest BCUT2D eigenvalue weighted by Crippen LogP contribution is 2.40. The number of nitrogens with zero attached hydrogens (tertiary/aromatic N) is 3. The van der Waals surface area contributed by atoms with E-state index < -0.39 is 5.66 Å². The number of nitrogen functional groups attached to an aromatic ring is 1. The van der Waals surface area contributed by atoms with Crippen LogP contribution in [0.3, 0.4) is 0 Å². The lowest BCUT2D eigenvalue weighted by Crippen LogP contribution is -2.49. The molecule has 3 aliphatic rings. The summed E-state index contributed by atoms with van der Waals surface area (Å²) >= 11 is 0. The second kappa shape index (κ2) is 5.06. The molecule has 0 radical (unpaired) electrons. The molecule has 134 valence electrons. The molecular weight excluding hydrogens is 332 g/mol. The van der Waals surface area contributed by atoms with Crippen molar-refractivity contribution >= 4 is 23.4 Å². The van der Waals surface area contributed by atoms with Gasteiger partial charge >= 0.3 is 0 Å². The summed E-state index contributed by atoms with van der Waals surface area (Å²) in [5, 5.41) is 6.27. The molecule has 0 bridgehead atoms. The van der Waals surface area contributed by atoms with E-state index in [0.29, 0.717) is 23.6 Å². The Balaban J connectivity index is 1.75. The van der Waals surface area contributed by atoms with E-state index in [1.165, 1.54) is 0 Å². The normalized spacial score (nSPS) is 19.3. The molecule has 2 aromatic heterocycles. The Morgan fingerprint density at radius 3 is 2.77 bits per heavy atom. The van der Waals surface area contributed by atoms with Gasteiger partial charge in [-0.1, -0.05) is 6.42 Å². The summed E-state index contributed by atoms with van der Waals surface area (Å²) in [6.45, 7) is 1.91. The molecule has 0 unspecified atom stereocenters. The Bertz CT molecular complexity index is 1020. The van der Waals surface area contributed by atoms with Crippen molar-refractivity contribution in [3.63, 3.8) is 0 Å². The van der Waals surface area contributed by atoms with Crippen LogP contribution in [0.25, 0.3) is 0 Å². The number of carbonyl (C=O) groups excluding carboxylic acids is 1. The molecular formula is C18H20N6O2. The zero-order valence-corrected chi connectivity index (χ0v) is 14.6. The van der Waals surface area contributed by atoms with Crippen LogP contribution in [0.15, 0.2) is 11.0 Å². The van der Waals surface area contributed by atoms with E-state index in [9.17, 15) is 9.59 Å². The largest absolute Gasteiger partial charge is 0.368 e. The van der Waals surface area contributed by atoms with Crippen LogP contribution >= 0.6 is 0 Å². The highest BCUT2D eigenvalue weighted by molar-refractivity contribution is 5.97. The van der Waals surface area contributed by atoms with E-state index in [1.54, 1.807) is 10.8 Å². The first-order chi connectivity index (χ1) is 12.5. The summed E-state index contributed by atoms with van der Waals surface area (Å²) in [5.41, 5.74) is 8.48. The fourth-order valence-corrected chi connectivity index (χ4v) is 4.65. The third-order valence-electron chi connectivity index (χ3n) is 5.91. The molecule has 1 saturated carbocycles. The lowest BCUT2D eigenvalue weighted by Gasteiger charge is -2.36. The van der Waals surface area contributed by atoms with Gasteiger partial charge in [0.2, 0.25) is 5.95 Å². The number of carbonyl (C=O) groups is 1. The van der Waals surface area contributed by atoms with Gasteiger partial charge in [0, 0.05) is 18.2 Å². The quantitative estimate of drug-likeness (QED) is 0.565. The summed E-state index contributed by atoms with van der Waals surface area (Å²) < 4.78 is 1.70. The molecule has 4 N–H and O–H groups in total. The number of hydrogen-bond acceptors (Lipinski definition) is 6. The van der Waals surface area contributed by atoms with Crippen LogP contribution < -0.4 is 21.9 Å². The first kappa shape index (κ1) is 15.4. The van der Waals surface area contributed by atoms with Gasteiger partial charge in [-0.2, -0.15) is 4.98 Å². The number of anilines is 3. The Morgan fingerprint density at radius 1 is 1.23 bits per heavy atom. The van der Waals surface area contributed by atoms with E-state index in [-0.39, 0.29) is 17.4 Å². The summed E-state index contributed by atoms with van der Waals surface area (Å²) in [6.07, 6.45) is 6.89. The van der Waals surface area contributed by atoms with Crippen molar-refractivity contribution in [3.8, 4) is 0 Å². The van der Waals surface area contributed by atoms with E-state index >= 15 is 0 Å². The predicted molar refractivity (Wildman–Crippen MR) is 96.5 cm³/mol. The molecule has 1 spiro atoms. The summed E-state index contributed by atoms with van der Waals surface area (Å²) in [4.78, 5) is 34.4. The maximum Gasteiger partial charge on any atom is 0.277 e. The maximum absolute atomic E-state index is 13.4. The highest BCUT2D eigenvalue weighted by Gasteiger charge is 2.46. The van der Waals surface area contributed by atoms with Gasteiger partial charge in [0.05, 0.1) is 0 Å². The smallest absolute Gasteiger partial charge is 0.277 e. The van der Waals surface area contributed by atoms with Gasteiger partial charge in [-0.15, -0.1) is 0 Å². The van der Waals surface area contributed by atoms with Crippen LogP contribution in [-0.2, 0) is 12.1 Å². The van der Waals surface area contributed by atoms with Crippen LogP contribution in [-0.4, -0.2) is 20.4 Å². The lowest BCUT2D eigenvalue weighted by atomic mass is 9.88. The SMILES string of the molecule is Cc1c2c(c(=O)n3c1C(=O)NC31CCCCC1)Nc1nc(N)ncc1C2. The lowest BCUT2D eigenvalue weighted by molar-refractivity contribution is 0.0876. The first-order valence-electron chi connectivity index (χ1n) is 9.00. The molecule has 5 rings (SSSR count). The van der Waals surface area contributed by atoms with Crippen LogP contribution in [0.4, 0.5) is 17.5 Å². The monoisotopic (exact) mass is 352 g/mol. The predicted octanol–water partition coefficient (Wildman–Crippen LogP) is 1.54. The van der Waals surface area contributed by atoms with Crippen molar-refractivity contribution in [2.45, 2.75) is 51.1 Å². The van der Waals surface area contributed by atoms with Gasteiger partial charge in [0.25, 0.3) is 11.5 Å². The number of nitrogens with one attached hydrogen (secondary N) is 2. The molecule has 0 atom stereocenters. The number of nitrogens with two attached hydrogens (primary N) is 1. The van der Waals surface area contributed by atoms with Gasteiger partial charge in [0.15, 0.2) is 0 Å². The summed E-state index contributed by atoms with van der Waals surface area (Å²) in [5.74, 6) is 0.582. The zero-order valence-electron chi connectivity index (χ0n) is 14.6. The second-order valence-electron chi connectivity index (χ2n) is 7.42. The van der Waals surface area contributed by atoms with Crippen LogP contribution in [0.2, 0.25) is 0 Å². The highest BCUT2D eigenvalue weighted by atomic mass is 16.2. The van der Waals surface area contributed by atoms with Crippen LogP contribution in [0.5, 0.6) is 0 Å². The molecule has 0 saturated heterocycles. The minimum atomic E-state index is -0.589. The molecule has 2 aliphatic heterocycles. The van der Waals surface area contributed by atoms with E-state index in [0.717, 1.165) is 48.8 Å². The zero-order chi connectivity index (χ0) is 18.1. The third kappa shape index (κ3) is 1.89. The standard InChI is InChI=1S/C18H20N6O2/c1-9-11-7-10-8-20-17(19)22-14(10)21-12(11)16(26)24-13(9)15(25)23-18(24)5-3-2-4-6-18/h8H,2-7H2,1H3,(H,23,25)(H3,19,20,21,22). The minimum Gasteiger partial charge on any atom is -0.368 e. The first-order valence-corrected chi connectivity index (χ1v) is 9.00. The average molecular weight is 352 g/mol.